The van der Waals surface area contributed by atoms with Gasteiger partial charge in [-0.2, -0.15) is 0 Å². The number of hydrogen-bond acceptors (Lipinski definition) is 3. The first kappa shape index (κ1) is 13.8. The minimum Gasteiger partial charge on any atom is -0.370 e. The monoisotopic (exact) mass is 280 g/mol. The van der Waals surface area contributed by atoms with Crippen molar-refractivity contribution in [2.45, 2.75) is 38.6 Å². The molecule has 0 spiro atoms. The molecule has 2 aromatic rings. The Morgan fingerprint density at radius 3 is 2.79 bits per heavy atom. The van der Waals surface area contributed by atoms with Crippen molar-refractivity contribution in [3.8, 4) is 0 Å². The van der Waals surface area contributed by atoms with Gasteiger partial charge in [-0.3, -0.25) is 4.79 Å². The Bertz CT molecular complexity index is 633. The molecule has 0 aliphatic carbocycles. The summed E-state index contributed by atoms with van der Waals surface area (Å²) >= 11 is 5.97. The van der Waals surface area contributed by atoms with Gasteiger partial charge < -0.3 is 10.3 Å². The highest BCUT2D eigenvalue weighted by Crippen LogP contribution is 2.28. The van der Waals surface area contributed by atoms with Gasteiger partial charge in [-0.15, -0.1) is 11.6 Å². The van der Waals surface area contributed by atoms with Crippen LogP contribution in [0.15, 0.2) is 12.3 Å². The van der Waals surface area contributed by atoms with Gasteiger partial charge in [-0.05, 0) is 32.4 Å². The number of aromatic nitrogens is 3. The predicted octanol–water partition coefficient (Wildman–Crippen LogP) is 2.09. The zero-order chi connectivity index (χ0) is 14.2. The largest absolute Gasteiger partial charge is 0.370 e. The van der Waals surface area contributed by atoms with Crippen molar-refractivity contribution in [1.82, 2.24) is 14.5 Å². The fourth-order valence-corrected chi connectivity index (χ4v) is 2.55. The fourth-order valence-electron chi connectivity index (χ4n) is 2.37. The van der Waals surface area contributed by atoms with Gasteiger partial charge in [0.1, 0.15) is 11.3 Å². The maximum Gasteiger partial charge on any atom is 0.219 e. The van der Waals surface area contributed by atoms with Crippen LogP contribution in [0.25, 0.3) is 11.2 Å². The molecule has 2 heterocycles. The molecule has 5 nitrogen and oxygen atoms in total. The number of alkyl halides is 1. The van der Waals surface area contributed by atoms with Crippen molar-refractivity contribution < 1.29 is 4.79 Å². The van der Waals surface area contributed by atoms with E-state index in [4.69, 9.17) is 17.3 Å². The summed E-state index contributed by atoms with van der Waals surface area (Å²) in [7, 11) is 0. The first-order valence-electron chi connectivity index (χ1n) is 6.04. The van der Waals surface area contributed by atoms with E-state index in [1.165, 1.54) is 0 Å². The Balaban J connectivity index is 2.70. The van der Waals surface area contributed by atoms with Crippen LogP contribution >= 0.6 is 11.6 Å². The average molecular weight is 281 g/mol. The molecule has 0 saturated heterocycles. The Kier molecular flexibility index (Phi) is 3.49. The number of nitrogens with two attached hydrogens (primary N) is 1. The van der Waals surface area contributed by atoms with E-state index in [9.17, 15) is 4.79 Å². The lowest BCUT2D eigenvalue weighted by atomic mass is 9.99. The van der Waals surface area contributed by atoms with Gasteiger partial charge in [0.2, 0.25) is 5.91 Å². The van der Waals surface area contributed by atoms with E-state index in [2.05, 4.69) is 9.97 Å². The van der Waals surface area contributed by atoms with Gasteiger partial charge in [0.15, 0.2) is 5.65 Å². The maximum absolute atomic E-state index is 11.2. The van der Waals surface area contributed by atoms with Crippen molar-refractivity contribution >= 4 is 28.7 Å². The van der Waals surface area contributed by atoms with Crippen molar-refractivity contribution in [3.63, 3.8) is 0 Å². The standard InChI is InChI=1S/C13H17ClN4O/c1-8-4-5-16-12-11(8)17-10(7-14)18(12)13(2,3)6-9(15)19/h4-5H,6-7H2,1-3H3,(H2,15,19). The molecule has 0 saturated carbocycles. The summed E-state index contributed by atoms with van der Waals surface area (Å²) in [5.41, 5.74) is 7.40. The summed E-state index contributed by atoms with van der Waals surface area (Å²) < 4.78 is 1.91. The number of nitrogens with zero attached hydrogens (tertiary/aromatic N) is 3. The number of rotatable bonds is 4. The van der Waals surface area contributed by atoms with E-state index < -0.39 is 5.54 Å². The van der Waals surface area contributed by atoms with Gasteiger partial charge in [-0.1, -0.05) is 0 Å². The van der Waals surface area contributed by atoms with E-state index >= 15 is 0 Å². The highest BCUT2D eigenvalue weighted by atomic mass is 35.5. The van der Waals surface area contributed by atoms with Gasteiger partial charge in [0.05, 0.1) is 11.4 Å². The normalized spacial score (nSPS) is 12.0. The Labute approximate surface area is 116 Å². The fraction of sp³-hybridized carbons (Fsp3) is 0.462. The molecule has 2 rings (SSSR count). The highest BCUT2D eigenvalue weighted by molar-refractivity contribution is 6.16. The molecule has 2 N–H and O–H groups in total. The quantitative estimate of drug-likeness (QED) is 0.872. The topological polar surface area (TPSA) is 73.8 Å². The van der Waals surface area contributed by atoms with Crippen LogP contribution < -0.4 is 5.73 Å². The molecule has 0 aliphatic heterocycles. The lowest BCUT2D eigenvalue weighted by Gasteiger charge is -2.27. The number of carbonyl (C=O) groups is 1. The molecular formula is C13H17ClN4O. The Morgan fingerprint density at radius 1 is 1.53 bits per heavy atom. The third kappa shape index (κ3) is 2.42. The predicted molar refractivity (Wildman–Crippen MR) is 75.0 cm³/mol. The van der Waals surface area contributed by atoms with E-state index in [0.29, 0.717) is 5.82 Å². The van der Waals surface area contributed by atoms with Crippen LogP contribution in [-0.4, -0.2) is 20.4 Å². The average Bonchev–Trinajstić information content (AvgIpc) is 2.68. The maximum atomic E-state index is 11.2. The summed E-state index contributed by atoms with van der Waals surface area (Å²) in [6.45, 7) is 5.83. The van der Waals surface area contributed by atoms with Crippen LogP contribution in [0.5, 0.6) is 0 Å². The molecule has 0 radical (unpaired) electrons. The summed E-state index contributed by atoms with van der Waals surface area (Å²) in [6, 6.07) is 1.90. The molecule has 0 unspecified atom stereocenters. The van der Waals surface area contributed by atoms with Crippen LogP contribution in [-0.2, 0) is 16.2 Å². The third-order valence-electron chi connectivity index (χ3n) is 3.15. The number of amides is 1. The number of hydrogen-bond donors (Lipinski definition) is 1. The molecule has 1 amide bonds. The number of carbonyl (C=O) groups excluding carboxylic acids is 1. The number of pyridine rings is 1. The van der Waals surface area contributed by atoms with Crippen molar-refractivity contribution in [2.75, 3.05) is 0 Å². The Morgan fingerprint density at radius 2 is 2.21 bits per heavy atom. The minimum absolute atomic E-state index is 0.206. The van der Waals surface area contributed by atoms with E-state index in [0.717, 1.165) is 16.7 Å². The van der Waals surface area contributed by atoms with Crippen LogP contribution in [0.3, 0.4) is 0 Å². The van der Waals surface area contributed by atoms with Crippen LogP contribution in [0, 0.1) is 6.92 Å². The molecule has 0 aliphatic rings. The van der Waals surface area contributed by atoms with Crippen molar-refractivity contribution in [3.05, 3.63) is 23.7 Å². The summed E-state index contributed by atoms with van der Waals surface area (Å²) in [6.07, 6.45) is 1.94. The van der Waals surface area contributed by atoms with E-state index in [1.807, 2.05) is 31.4 Å². The lowest BCUT2D eigenvalue weighted by Crippen LogP contribution is -2.33. The highest BCUT2D eigenvalue weighted by Gasteiger charge is 2.28. The zero-order valence-electron chi connectivity index (χ0n) is 11.3. The van der Waals surface area contributed by atoms with Crippen molar-refractivity contribution in [1.29, 1.82) is 0 Å². The molecule has 102 valence electrons. The molecule has 2 aromatic heterocycles. The summed E-state index contributed by atoms with van der Waals surface area (Å²) in [5, 5.41) is 0. The second kappa shape index (κ2) is 4.81. The molecule has 0 fully saturated rings. The van der Waals surface area contributed by atoms with Gasteiger partial charge in [0.25, 0.3) is 0 Å². The number of primary amides is 1. The lowest BCUT2D eigenvalue weighted by molar-refractivity contribution is -0.119. The van der Waals surface area contributed by atoms with Gasteiger partial charge in [0, 0.05) is 12.6 Å². The molecule has 6 heteroatoms. The van der Waals surface area contributed by atoms with Crippen LogP contribution in [0.2, 0.25) is 0 Å². The summed E-state index contributed by atoms with van der Waals surface area (Å²) in [5.74, 6) is 0.600. The van der Waals surface area contributed by atoms with Gasteiger partial charge >= 0.3 is 0 Å². The SMILES string of the molecule is Cc1ccnc2c1nc(CCl)n2C(C)(C)CC(N)=O. The molecule has 0 atom stereocenters. The number of fused-ring (bicyclic) bond motifs is 1. The Hall–Kier alpha value is -1.62. The first-order chi connectivity index (χ1) is 8.86. The third-order valence-corrected chi connectivity index (χ3v) is 3.39. The number of imidazole rings is 1. The number of aryl methyl sites for hydroxylation is 1. The van der Waals surface area contributed by atoms with E-state index in [1.54, 1.807) is 6.20 Å². The van der Waals surface area contributed by atoms with Crippen molar-refractivity contribution in [2.24, 2.45) is 5.73 Å². The van der Waals surface area contributed by atoms with Crippen LogP contribution in [0.4, 0.5) is 0 Å². The zero-order valence-corrected chi connectivity index (χ0v) is 12.0. The molecule has 0 aromatic carbocycles. The smallest absolute Gasteiger partial charge is 0.219 e. The minimum atomic E-state index is -0.508. The van der Waals surface area contributed by atoms with E-state index in [-0.39, 0.29) is 18.2 Å². The summed E-state index contributed by atoms with van der Waals surface area (Å²) in [4.78, 5) is 20.1. The van der Waals surface area contributed by atoms with Crippen LogP contribution in [0.1, 0.15) is 31.7 Å². The molecule has 0 bridgehead atoms. The molecule has 19 heavy (non-hydrogen) atoms. The second-order valence-corrected chi connectivity index (χ2v) is 5.52. The molecular weight excluding hydrogens is 264 g/mol. The second-order valence-electron chi connectivity index (χ2n) is 5.25. The first-order valence-corrected chi connectivity index (χ1v) is 6.58. The number of halogens is 1. The van der Waals surface area contributed by atoms with Gasteiger partial charge in [-0.25, -0.2) is 9.97 Å².